The topological polar surface area (TPSA) is 69.9 Å². The van der Waals surface area contributed by atoms with Gasteiger partial charge in [-0.25, -0.2) is 0 Å². The zero-order valence-electron chi connectivity index (χ0n) is 14.4. The summed E-state index contributed by atoms with van der Waals surface area (Å²) in [6.07, 6.45) is 1.50. The Labute approximate surface area is 151 Å². The molecule has 26 heavy (non-hydrogen) atoms. The second-order valence-electron chi connectivity index (χ2n) is 6.63. The van der Waals surface area contributed by atoms with Gasteiger partial charge in [-0.15, -0.1) is 0 Å². The van der Waals surface area contributed by atoms with Crippen molar-refractivity contribution in [1.82, 2.24) is 0 Å². The highest BCUT2D eigenvalue weighted by Gasteiger charge is 2.29. The van der Waals surface area contributed by atoms with Crippen LogP contribution in [0.15, 0.2) is 54.6 Å². The molecule has 0 aliphatic heterocycles. The van der Waals surface area contributed by atoms with E-state index in [0.717, 1.165) is 40.7 Å². The third-order valence-corrected chi connectivity index (χ3v) is 5.05. The van der Waals surface area contributed by atoms with Gasteiger partial charge in [0.1, 0.15) is 23.0 Å². The average molecular weight is 348 g/mol. The lowest BCUT2D eigenvalue weighted by molar-refractivity contribution is 0.401. The molecule has 0 aromatic heterocycles. The van der Waals surface area contributed by atoms with Crippen LogP contribution in [-0.2, 0) is 12.8 Å². The molecule has 0 bridgehead atoms. The lowest BCUT2D eigenvalue weighted by Crippen LogP contribution is -2.08. The molecule has 3 aromatic carbocycles. The van der Waals surface area contributed by atoms with Crippen molar-refractivity contribution in [3.05, 3.63) is 82.4 Å². The first-order chi connectivity index (χ1) is 12.6. The van der Waals surface area contributed by atoms with Gasteiger partial charge in [0.15, 0.2) is 0 Å². The van der Waals surface area contributed by atoms with E-state index in [1.165, 1.54) is 0 Å². The van der Waals surface area contributed by atoms with Gasteiger partial charge in [0.05, 0.1) is 7.11 Å². The minimum atomic E-state index is -0.112. The molecular weight excluding hydrogens is 328 g/mol. The summed E-state index contributed by atoms with van der Waals surface area (Å²) in [5.74, 6) is 1.16. The standard InChI is InChI=1S/C22H20O4/c1-26-20-12-18(25)11-15-3-2-14-10-17(24)8-9-19(14)21(22(15)20)13-4-6-16(23)7-5-13/h4-12,21,23-25H,2-3H2,1H3. The summed E-state index contributed by atoms with van der Waals surface area (Å²) in [5.41, 5.74) is 5.22. The number of aryl methyl sites for hydroxylation is 2. The molecule has 4 heteroatoms. The van der Waals surface area contributed by atoms with Crippen LogP contribution >= 0.6 is 0 Å². The quantitative estimate of drug-likeness (QED) is 0.652. The van der Waals surface area contributed by atoms with Gasteiger partial charge in [-0.05, 0) is 65.4 Å². The van der Waals surface area contributed by atoms with Gasteiger partial charge in [0.2, 0.25) is 0 Å². The molecule has 0 amide bonds. The summed E-state index contributed by atoms with van der Waals surface area (Å²) < 4.78 is 5.60. The van der Waals surface area contributed by atoms with Gasteiger partial charge >= 0.3 is 0 Å². The number of hydrogen-bond donors (Lipinski definition) is 3. The fourth-order valence-corrected chi connectivity index (χ4v) is 3.90. The van der Waals surface area contributed by atoms with Gasteiger partial charge in [-0.1, -0.05) is 18.2 Å². The number of aromatic hydroxyl groups is 3. The Kier molecular flexibility index (Phi) is 3.96. The summed E-state index contributed by atoms with van der Waals surface area (Å²) in [4.78, 5) is 0. The predicted molar refractivity (Wildman–Crippen MR) is 99.2 cm³/mol. The Morgan fingerprint density at radius 2 is 1.42 bits per heavy atom. The van der Waals surface area contributed by atoms with Crippen molar-refractivity contribution < 1.29 is 20.1 Å². The summed E-state index contributed by atoms with van der Waals surface area (Å²) in [7, 11) is 1.60. The zero-order chi connectivity index (χ0) is 18.3. The molecule has 0 saturated heterocycles. The first kappa shape index (κ1) is 16.3. The van der Waals surface area contributed by atoms with Gasteiger partial charge in [0, 0.05) is 17.5 Å². The highest BCUT2D eigenvalue weighted by atomic mass is 16.5. The van der Waals surface area contributed by atoms with Crippen LogP contribution in [0.2, 0.25) is 0 Å². The second-order valence-corrected chi connectivity index (χ2v) is 6.63. The molecule has 0 heterocycles. The molecule has 3 N–H and O–H groups in total. The summed E-state index contributed by atoms with van der Waals surface area (Å²) in [6, 6.07) is 16.0. The van der Waals surface area contributed by atoms with E-state index in [1.54, 1.807) is 43.5 Å². The molecule has 1 unspecified atom stereocenters. The molecule has 1 atom stereocenters. The van der Waals surface area contributed by atoms with Crippen molar-refractivity contribution in [2.45, 2.75) is 18.8 Å². The lowest BCUT2D eigenvalue weighted by atomic mass is 9.82. The maximum Gasteiger partial charge on any atom is 0.126 e. The highest BCUT2D eigenvalue weighted by molar-refractivity contribution is 5.59. The number of rotatable bonds is 2. The van der Waals surface area contributed by atoms with E-state index < -0.39 is 0 Å². The maximum absolute atomic E-state index is 10.1. The van der Waals surface area contributed by atoms with Crippen molar-refractivity contribution >= 4 is 0 Å². The zero-order valence-corrected chi connectivity index (χ0v) is 14.4. The van der Waals surface area contributed by atoms with Crippen LogP contribution in [0.5, 0.6) is 23.0 Å². The van der Waals surface area contributed by atoms with E-state index in [2.05, 4.69) is 0 Å². The minimum Gasteiger partial charge on any atom is -0.508 e. The molecule has 1 aliphatic rings. The van der Waals surface area contributed by atoms with E-state index in [0.29, 0.717) is 5.75 Å². The second kappa shape index (κ2) is 6.30. The van der Waals surface area contributed by atoms with Gasteiger partial charge < -0.3 is 20.1 Å². The molecule has 4 rings (SSSR count). The first-order valence-corrected chi connectivity index (χ1v) is 8.57. The number of phenols is 3. The number of ether oxygens (including phenoxy) is 1. The average Bonchev–Trinajstić information content (AvgIpc) is 2.78. The molecule has 0 spiro atoms. The lowest BCUT2D eigenvalue weighted by Gasteiger charge is -2.23. The molecular formula is C22H20O4. The van der Waals surface area contributed by atoms with Gasteiger partial charge in [-0.2, -0.15) is 0 Å². The smallest absolute Gasteiger partial charge is 0.126 e. The Bertz CT molecular complexity index is 961. The van der Waals surface area contributed by atoms with Crippen molar-refractivity contribution in [3.8, 4) is 23.0 Å². The van der Waals surface area contributed by atoms with E-state index in [-0.39, 0.29) is 23.2 Å². The Balaban J connectivity index is 2.02. The first-order valence-electron chi connectivity index (χ1n) is 8.57. The summed E-state index contributed by atoms with van der Waals surface area (Å²) in [5, 5.41) is 29.7. The number of benzene rings is 3. The van der Waals surface area contributed by atoms with Gasteiger partial charge in [-0.3, -0.25) is 0 Å². The van der Waals surface area contributed by atoms with Crippen LogP contribution in [0.25, 0.3) is 0 Å². The molecule has 132 valence electrons. The van der Waals surface area contributed by atoms with Crippen molar-refractivity contribution in [2.75, 3.05) is 7.11 Å². The maximum atomic E-state index is 10.1. The number of hydrogen-bond acceptors (Lipinski definition) is 4. The summed E-state index contributed by atoms with van der Waals surface area (Å²) >= 11 is 0. The molecule has 3 aromatic rings. The number of phenolic OH excluding ortho intramolecular Hbond substituents is 3. The largest absolute Gasteiger partial charge is 0.508 e. The summed E-state index contributed by atoms with van der Waals surface area (Å²) in [6.45, 7) is 0. The SMILES string of the molecule is COc1cc(O)cc2c1C(c1ccc(O)cc1)c1ccc(O)cc1CC2. The van der Waals surface area contributed by atoms with E-state index >= 15 is 0 Å². The van der Waals surface area contributed by atoms with Crippen LogP contribution in [-0.4, -0.2) is 22.4 Å². The third kappa shape index (κ3) is 2.73. The Hall–Kier alpha value is -3.14. The van der Waals surface area contributed by atoms with Crippen LogP contribution in [0.3, 0.4) is 0 Å². The van der Waals surface area contributed by atoms with Crippen molar-refractivity contribution in [2.24, 2.45) is 0 Å². The fraction of sp³-hybridized carbons (Fsp3) is 0.182. The van der Waals surface area contributed by atoms with Crippen molar-refractivity contribution in [3.63, 3.8) is 0 Å². The van der Waals surface area contributed by atoms with Crippen LogP contribution in [0.4, 0.5) is 0 Å². The van der Waals surface area contributed by atoms with Crippen LogP contribution in [0.1, 0.15) is 33.7 Å². The number of fused-ring (bicyclic) bond motifs is 2. The van der Waals surface area contributed by atoms with E-state index in [9.17, 15) is 15.3 Å². The molecule has 0 saturated carbocycles. The Morgan fingerprint density at radius 1 is 0.769 bits per heavy atom. The molecule has 1 aliphatic carbocycles. The van der Waals surface area contributed by atoms with Gasteiger partial charge in [0.25, 0.3) is 0 Å². The normalized spacial score (nSPS) is 15.7. The molecule has 0 radical (unpaired) electrons. The fourth-order valence-electron chi connectivity index (χ4n) is 3.90. The predicted octanol–water partition coefficient (Wildman–Crippen LogP) is 4.09. The van der Waals surface area contributed by atoms with Crippen LogP contribution in [0, 0.1) is 0 Å². The molecule has 4 nitrogen and oxygen atoms in total. The monoisotopic (exact) mass is 348 g/mol. The highest BCUT2D eigenvalue weighted by Crippen LogP contribution is 2.45. The number of methoxy groups -OCH3 is 1. The van der Waals surface area contributed by atoms with Crippen LogP contribution < -0.4 is 4.74 Å². The molecule has 0 fully saturated rings. The van der Waals surface area contributed by atoms with E-state index in [1.807, 2.05) is 18.2 Å². The van der Waals surface area contributed by atoms with E-state index in [4.69, 9.17) is 4.74 Å². The minimum absolute atomic E-state index is 0.112. The third-order valence-electron chi connectivity index (χ3n) is 5.05. The Morgan fingerprint density at radius 3 is 2.15 bits per heavy atom. The van der Waals surface area contributed by atoms with Crippen molar-refractivity contribution in [1.29, 1.82) is 0 Å².